The number of hydrogen-bond acceptors (Lipinski definition) is 3. The van der Waals surface area contributed by atoms with E-state index in [0.29, 0.717) is 22.8 Å². The predicted octanol–water partition coefficient (Wildman–Crippen LogP) is 2.49. The van der Waals surface area contributed by atoms with E-state index >= 15 is 0 Å². The van der Waals surface area contributed by atoms with E-state index in [1.165, 1.54) is 0 Å². The van der Waals surface area contributed by atoms with Gasteiger partial charge < -0.3 is 16.4 Å². The van der Waals surface area contributed by atoms with Crippen LogP contribution in [0.5, 0.6) is 0 Å². The van der Waals surface area contributed by atoms with Gasteiger partial charge in [-0.05, 0) is 25.5 Å². The molecule has 0 aliphatic heterocycles. The fraction of sp³-hybridized carbons (Fsp3) is 0.417. The number of amides is 1. The lowest BCUT2D eigenvalue weighted by Gasteiger charge is -2.12. The highest BCUT2D eigenvalue weighted by molar-refractivity contribution is 6.34. The van der Waals surface area contributed by atoms with Crippen LogP contribution in [-0.2, 0) is 0 Å². The standard InChI is InChI=1S/C12H18ClN3O/c1-3-5-16-11-7-9(13)8(6-10(11)14)12(17)15-4-2/h6-7,16H,3-5,14H2,1-2H3,(H,15,17). The average Bonchev–Trinajstić information content (AvgIpc) is 2.30. The second-order valence-electron chi connectivity index (χ2n) is 3.71. The van der Waals surface area contributed by atoms with Crippen molar-refractivity contribution in [1.82, 2.24) is 5.32 Å². The first-order chi connectivity index (χ1) is 8.10. The lowest BCUT2D eigenvalue weighted by Crippen LogP contribution is -2.23. The van der Waals surface area contributed by atoms with E-state index < -0.39 is 0 Å². The second kappa shape index (κ2) is 6.35. The summed E-state index contributed by atoms with van der Waals surface area (Å²) in [6, 6.07) is 3.29. The van der Waals surface area contributed by atoms with Crippen molar-refractivity contribution in [3.8, 4) is 0 Å². The molecule has 1 aromatic rings. The summed E-state index contributed by atoms with van der Waals surface area (Å²) in [7, 11) is 0. The molecule has 0 aromatic heterocycles. The Morgan fingerprint density at radius 3 is 2.71 bits per heavy atom. The Labute approximate surface area is 107 Å². The summed E-state index contributed by atoms with van der Waals surface area (Å²) in [5.74, 6) is -0.203. The summed E-state index contributed by atoms with van der Waals surface area (Å²) in [4.78, 5) is 11.7. The first-order valence-electron chi connectivity index (χ1n) is 5.71. The second-order valence-corrected chi connectivity index (χ2v) is 4.11. The Kier molecular flexibility index (Phi) is 5.10. The zero-order valence-corrected chi connectivity index (χ0v) is 10.9. The first-order valence-corrected chi connectivity index (χ1v) is 6.09. The largest absolute Gasteiger partial charge is 0.397 e. The number of halogens is 1. The third-order valence-corrected chi connectivity index (χ3v) is 2.60. The van der Waals surface area contributed by atoms with Crippen molar-refractivity contribution in [2.24, 2.45) is 0 Å². The highest BCUT2D eigenvalue weighted by atomic mass is 35.5. The van der Waals surface area contributed by atoms with Gasteiger partial charge in [0.1, 0.15) is 0 Å². The number of hydrogen-bond donors (Lipinski definition) is 3. The van der Waals surface area contributed by atoms with E-state index in [0.717, 1.165) is 18.7 Å². The number of rotatable bonds is 5. The van der Waals surface area contributed by atoms with Crippen LogP contribution in [0.2, 0.25) is 5.02 Å². The molecule has 5 heteroatoms. The number of nitrogens with one attached hydrogen (secondary N) is 2. The van der Waals surface area contributed by atoms with Crippen LogP contribution in [0.4, 0.5) is 11.4 Å². The van der Waals surface area contributed by atoms with E-state index in [4.69, 9.17) is 17.3 Å². The minimum absolute atomic E-state index is 0.203. The lowest BCUT2D eigenvalue weighted by molar-refractivity contribution is 0.0956. The van der Waals surface area contributed by atoms with Gasteiger partial charge in [-0.2, -0.15) is 0 Å². The molecule has 94 valence electrons. The zero-order valence-electron chi connectivity index (χ0n) is 10.1. The van der Waals surface area contributed by atoms with E-state index in [1.807, 2.05) is 6.92 Å². The highest BCUT2D eigenvalue weighted by Gasteiger charge is 2.12. The maximum Gasteiger partial charge on any atom is 0.252 e. The van der Waals surface area contributed by atoms with Gasteiger partial charge >= 0.3 is 0 Å². The third-order valence-electron chi connectivity index (χ3n) is 2.29. The summed E-state index contributed by atoms with van der Waals surface area (Å²) in [6.07, 6.45) is 0.995. The fourth-order valence-corrected chi connectivity index (χ4v) is 1.68. The normalized spacial score (nSPS) is 10.1. The molecule has 0 aliphatic rings. The molecule has 0 saturated heterocycles. The number of anilines is 2. The van der Waals surface area contributed by atoms with Gasteiger partial charge in [0.15, 0.2) is 0 Å². The molecule has 1 rings (SSSR count). The van der Waals surface area contributed by atoms with Crippen LogP contribution in [0.25, 0.3) is 0 Å². The molecule has 0 fully saturated rings. The van der Waals surface area contributed by atoms with Crippen molar-refractivity contribution in [2.45, 2.75) is 20.3 Å². The molecule has 0 unspecified atom stereocenters. The molecule has 0 heterocycles. The minimum Gasteiger partial charge on any atom is -0.397 e. The Bertz CT molecular complexity index is 407. The van der Waals surface area contributed by atoms with Crippen molar-refractivity contribution in [1.29, 1.82) is 0 Å². The SMILES string of the molecule is CCCNc1cc(Cl)c(C(=O)NCC)cc1N. The number of nitrogens with two attached hydrogens (primary N) is 1. The average molecular weight is 256 g/mol. The molecule has 1 aromatic carbocycles. The molecule has 4 N–H and O–H groups in total. The van der Waals surface area contributed by atoms with Gasteiger partial charge in [-0.1, -0.05) is 18.5 Å². The van der Waals surface area contributed by atoms with Crippen LogP contribution in [0.3, 0.4) is 0 Å². The summed E-state index contributed by atoms with van der Waals surface area (Å²) in [5, 5.41) is 6.26. The van der Waals surface area contributed by atoms with E-state index in [2.05, 4.69) is 17.6 Å². The number of benzene rings is 1. The van der Waals surface area contributed by atoms with Crippen LogP contribution < -0.4 is 16.4 Å². The zero-order chi connectivity index (χ0) is 12.8. The maximum atomic E-state index is 11.7. The molecule has 1 amide bonds. The van der Waals surface area contributed by atoms with Gasteiger partial charge in [-0.3, -0.25) is 4.79 Å². The van der Waals surface area contributed by atoms with Crippen LogP contribution in [0.1, 0.15) is 30.6 Å². The van der Waals surface area contributed by atoms with Gasteiger partial charge in [-0.25, -0.2) is 0 Å². The lowest BCUT2D eigenvalue weighted by atomic mass is 10.1. The van der Waals surface area contributed by atoms with Crippen LogP contribution in [0.15, 0.2) is 12.1 Å². The number of carbonyl (C=O) groups excluding carboxylic acids is 1. The number of carbonyl (C=O) groups is 1. The summed E-state index contributed by atoms with van der Waals surface area (Å²) in [6.45, 7) is 5.30. The molecule has 0 atom stereocenters. The van der Waals surface area contributed by atoms with Crippen molar-refractivity contribution >= 4 is 28.9 Å². The molecule has 0 radical (unpaired) electrons. The topological polar surface area (TPSA) is 67.2 Å². The van der Waals surface area contributed by atoms with Gasteiger partial charge in [0.05, 0.1) is 22.0 Å². The molecular weight excluding hydrogens is 238 g/mol. The van der Waals surface area contributed by atoms with Gasteiger partial charge in [0.2, 0.25) is 0 Å². The smallest absolute Gasteiger partial charge is 0.252 e. The van der Waals surface area contributed by atoms with Crippen molar-refractivity contribution < 1.29 is 4.79 Å². The van der Waals surface area contributed by atoms with E-state index in [9.17, 15) is 4.79 Å². The molecule has 0 aliphatic carbocycles. The first kappa shape index (κ1) is 13.6. The minimum atomic E-state index is -0.203. The van der Waals surface area contributed by atoms with Crippen LogP contribution in [0, 0.1) is 0 Å². The molecule has 4 nitrogen and oxygen atoms in total. The van der Waals surface area contributed by atoms with Gasteiger partial charge in [0.25, 0.3) is 5.91 Å². The number of nitrogen functional groups attached to an aromatic ring is 1. The fourth-order valence-electron chi connectivity index (χ4n) is 1.43. The van der Waals surface area contributed by atoms with Crippen LogP contribution in [-0.4, -0.2) is 19.0 Å². The van der Waals surface area contributed by atoms with E-state index in [1.54, 1.807) is 12.1 Å². The Balaban J connectivity index is 2.96. The Morgan fingerprint density at radius 2 is 2.12 bits per heavy atom. The molecule has 17 heavy (non-hydrogen) atoms. The third kappa shape index (κ3) is 3.53. The maximum absolute atomic E-state index is 11.7. The van der Waals surface area contributed by atoms with Gasteiger partial charge in [-0.15, -0.1) is 0 Å². The molecule has 0 spiro atoms. The summed E-state index contributed by atoms with van der Waals surface area (Å²) < 4.78 is 0. The quantitative estimate of drug-likeness (QED) is 0.708. The summed E-state index contributed by atoms with van der Waals surface area (Å²) >= 11 is 6.05. The van der Waals surface area contributed by atoms with Crippen molar-refractivity contribution in [2.75, 3.05) is 24.1 Å². The highest BCUT2D eigenvalue weighted by Crippen LogP contribution is 2.27. The predicted molar refractivity (Wildman–Crippen MR) is 72.7 cm³/mol. The van der Waals surface area contributed by atoms with Crippen LogP contribution >= 0.6 is 11.6 Å². The van der Waals surface area contributed by atoms with Gasteiger partial charge in [0, 0.05) is 13.1 Å². The van der Waals surface area contributed by atoms with Crippen molar-refractivity contribution in [3.63, 3.8) is 0 Å². The Hall–Kier alpha value is -1.42. The monoisotopic (exact) mass is 255 g/mol. The molecular formula is C12H18ClN3O. The molecule has 0 bridgehead atoms. The van der Waals surface area contributed by atoms with E-state index in [-0.39, 0.29) is 5.91 Å². The summed E-state index contributed by atoms with van der Waals surface area (Å²) in [5.41, 5.74) is 7.57. The Morgan fingerprint density at radius 1 is 1.41 bits per heavy atom. The molecule has 0 saturated carbocycles. The van der Waals surface area contributed by atoms with Crippen molar-refractivity contribution in [3.05, 3.63) is 22.7 Å².